The number of hydrogen-bond donors (Lipinski definition) is 0. The highest BCUT2D eigenvalue weighted by Crippen LogP contribution is 2.20. The molecule has 1 amide bonds. The average Bonchev–Trinajstić information content (AvgIpc) is 2.62. The van der Waals surface area contributed by atoms with Gasteiger partial charge in [0.25, 0.3) is 0 Å². The maximum Gasteiger partial charge on any atom is 0.410 e. The molecule has 27 heavy (non-hydrogen) atoms. The first-order valence-electron chi connectivity index (χ1n) is 9.70. The summed E-state index contributed by atoms with van der Waals surface area (Å²) >= 11 is 0. The van der Waals surface area contributed by atoms with Gasteiger partial charge in [0.1, 0.15) is 5.60 Å². The van der Waals surface area contributed by atoms with Crippen LogP contribution in [0.15, 0.2) is 60.7 Å². The van der Waals surface area contributed by atoms with Crippen LogP contribution in [0.5, 0.6) is 0 Å². The molecule has 0 saturated carbocycles. The SMILES string of the molecule is CC(C)(C)OC(=O)N1CCN(Cc2ccccc2)CC1Cc1ccccc1. The number of carbonyl (C=O) groups is 1. The summed E-state index contributed by atoms with van der Waals surface area (Å²) in [5.74, 6) is 0. The molecule has 1 heterocycles. The molecule has 1 aliphatic heterocycles. The summed E-state index contributed by atoms with van der Waals surface area (Å²) in [7, 11) is 0. The molecule has 0 radical (unpaired) electrons. The monoisotopic (exact) mass is 366 g/mol. The lowest BCUT2D eigenvalue weighted by atomic mass is 10.0. The minimum absolute atomic E-state index is 0.111. The molecular weight excluding hydrogens is 336 g/mol. The molecule has 0 bridgehead atoms. The van der Waals surface area contributed by atoms with Crippen LogP contribution in [0.3, 0.4) is 0 Å². The van der Waals surface area contributed by atoms with Crippen molar-refractivity contribution in [1.82, 2.24) is 9.80 Å². The number of rotatable bonds is 4. The third-order valence-corrected chi connectivity index (χ3v) is 4.76. The van der Waals surface area contributed by atoms with Crippen LogP contribution in [0, 0.1) is 0 Å². The summed E-state index contributed by atoms with van der Waals surface area (Å²) in [6.45, 7) is 9.07. The van der Waals surface area contributed by atoms with Gasteiger partial charge in [-0.05, 0) is 38.3 Å². The van der Waals surface area contributed by atoms with Crippen molar-refractivity contribution >= 4 is 6.09 Å². The van der Waals surface area contributed by atoms with Crippen LogP contribution in [0.25, 0.3) is 0 Å². The molecule has 4 nitrogen and oxygen atoms in total. The van der Waals surface area contributed by atoms with E-state index in [1.165, 1.54) is 11.1 Å². The van der Waals surface area contributed by atoms with Crippen molar-refractivity contribution in [2.45, 2.75) is 45.4 Å². The maximum atomic E-state index is 12.8. The van der Waals surface area contributed by atoms with E-state index < -0.39 is 5.60 Å². The Morgan fingerprint density at radius 3 is 2.15 bits per heavy atom. The number of benzene rings is 2. The average molecular weight is 367 g/mol. The van der Waals surface area contributed by atoms with Crippen molar-refractivity contribution in [3.05, 3.63) is 71.8 Å². The molecule has 1 atom stereocenters. The van der Waals surface area contributed by atoms with Crippen molar-refractivity contribution in [3.63, 3.8) is 0 Å². The van der Waals surface area contributed by atoms with Crippen LogP contribution in [0.2, 0.25) is 0 Å². The minimum Gasteiger partial charge on any atom is -0.444 e. The van der Waals surface area contributed by atoms with E-state index in [4.69, 9.17) is 4.74 Å². The Labute approximate surface area is 162 Å². The summed E-state index contributed by atoms with van der Waals surface area (Å²) in [4.78, 5) is 17.1. The Morgan fingerprint density at radius 1 is 0.963 bits per heavy atom. The van der Waals surface area contributed by atoms with Gasteiger partial charge in [-0.2, -0.15) is 0 Å². The van der Waals surface area contributed by atoms with E-state index in [0.717, 1.165) is 26.1 Å². The first kappa shape index (κ1) is 19.4. The molecule has 0 aromatic heterocycles. The predicted octanol–water partition coefficient (Wildman–Crippen LogP) is 4.35. The highest BCUT2D eigenvalue weighted by molar-refractivity contribution is 5.68. The molecule has 0 aliphatic carbocycles. The molecule has 2 aromatic carbocycles. The Hall–Kier alpha value is -2.33. The van der Waals surface area contributed by atoms with Crippen LogP contribution in [0.1, 0.15) is 31.9 Å². The lowest BCUT2D eigenvalue weighted by molar-refractivity contribution is -0.00232. The van der Waals surface area contributed by atoms with E-state index in [-0.39, 0.29) is 12.1 Å². The lowest BCUT2D eigenvalue weighted by Gasteiger charge is -2.42. The molecule has 1 saturated heterocycles. The van der Waals surface area contributed by atoms with Gasteiger partial charge in [0.15, 0.2) is 0 Å². The zero-order valence-electron chi connectivity index (χ0n) is 16.6. The van der Waals surface area contributed by atoms with Gasteiger partial charge in [-0.3, -0.25) is 4.90 Å². The topological polar surface area (TPSA) is 32.8 Å². The fourth-order valence-corrected chi connectivity index (χ4v) is 3.53. The van der Waals surface area contributed by atoms with Gasteiger partial charge >= 0.3 is 6.09 Å². The zero-order valence-corrected chi connectivity index (χ0v) is 16.6. The van der Waals surface area contributed by atoms with Crippen LogP contribution < -0.4 is 0 Å². The van der Waals surface area contributed by atoms with Crippen molar-refractivity contribution in [3.8, 4) is 0 Å². The molecule has 1 fully saturated rings. The normalized spacial score (nSPS) is 18.3. The highest BCUT2D eigenvalue weighted by Gasteiger charge is 2.33. The third kappa shape index (κ3) is 5.83. The van der Waals surface area contributed by atoms with Gasteiger partial charge < -0.3 is 9.64 Å². The fourth-order valence-electron chi connectivity index (χ4n) is 3.53. The largest absolute Gasteiger partial charge is 0.444 e. The Bertz CT molecular complexity index is 725. The van der Waals surface area contributed by atoms with Gasteiger partial charge in [-0.15, -0.1) is 0 Å². The minimum atomic E-state index is -0.477. The zero-order chi connectivity index (χ0) is 19.3. The Balaban J connectivity index is 1.72. The van der Waals surface area contributed by atoms with Gasteiger partial charge in [0, 0.05) is 26.2 Å². The first-order chi connectivity index (χ1) is 12.9. The summed E-state index contributed by atoms with van der Waals surface area (Å²) < 4.78 is 5.67. The van der Waals surface area contributed by atoms with E-state index in [0.29, 0.717) is 6.54 Å². The highest BCUT2D eigenvalue weighted by atomic mass is 16.6. The number of carbonyl (C=O) groups excluding carboxylic acids is 1. The first-order valence-corrected chi connectivity index (χ1v) is 9.70. The van der Waals surface area contributed by atoms with Crippen molar-refractivity contribution in [2.75, 3.05) is 19.6 Å². The molecule has 1 aliphatic rings. The molecule has 144 valence electrons. The summed E-state index contributed by atoms with van der Waals surface area (Å²) in [5.41, 5.74) is 2.08. The van der Waals surface area contributed by atoms with Crippen molar-refractivity contribution in [2.24, 2.45) is 0 Å². The number of ether oxygens (including phenoxy) is 1. The number of piperazine rings is 1. The number of hydrogen-bond acceptors (Lipinski definition) is 3. The number of amides is 1. The second-order valence-corrected chi connectivity index (χ2v) is 8.24. The fraction of sp³-hybridized carbons (Fsp3) is 0.435. The molecule has 0 spiro atoms. The predicted molar refractivity (Wildman–Crippen MR) is 109 cm³/mol. The second-order valence-electron chi connectivity index (χ2n) is 8.24. The summed E-state index contributed by atoms with van der Waals surface area (Å²) in [6.07, 6.45) is 0.633. The van der Waals surface area contributed by atoms with Crippen LogP contribution in [-0.2, 0) is 17.7 Å². The molecular formula is C23H30N2O2. The summed E-state index contributed by atoms with van der Waals surface area (Å²) in [6, 6.07) is 21.0. The van der Waals surface area contributed by atoms with Crippen LogP contribution in [-0.4, -0.2) is 47.2 Å². The van der Waals surface area contributed by atoms with E-state index in [1.54, 1.807) is 0 Å². The lowest BCUT2D eigenvalue weighted by Crippen LogP contribution is -2.56. The van der Waals surface area contributed by atoms with E-state index in [9.17, 15) is 4.79 Å². The maximum absolute atomic E-state index is 12.8. The molecule has 4 heteroatoms. The smallest absolute Gasteiger partial charge is 0.410 e. The number of nitrogens with zero attached hydrogens (tertiary/aromatic N) is 2. The molecule has 0 N–H and O–H groups in total. The van der Waals surface area contributed by atoms with Crippen LogP contribution in [0.4, 0.5) is 4.79 Å². The summed E-state index contributed by atoms with van der Waals surface area (Å²) in [5, 5.41) is 0. The Kier molecular flexibility index (Phi) is 6.17. The van der Waals surface area contributed by atoms with Gasteiger partial charge in [-0.25, -0.2) is 4.79 Å². The quantitative estimate of drug-likeness (QED) is 0.806. The second kappa shape index (κ2) is 8.57. The molecule has 3 rings (SSSR count). The van der Waals surface area contributed by atoms with Crippen molar-refractivity contribution in [1.29, 1.82) is 0 Å². The Morgan fingerprint density at radius 2 is 1.56 bits per heavy atom. The molecule has 2 aromatic rings. The molecule has 1 unspecified atom stereocenters. The van der Waals surface area contributed by atoms with Gasteiger partial charge in [-0.1, -0.05) is 60.7 Å². The van der Waals surface area contributed by atoms with Gasteiger partial charge in [0.05, 0.1) is 6.04 Å². The third-order valence-electron chi connectivity index (χ3n) is 4.76. The van der Waals surface area contributed by atoms with E-state index >= 15 is 0 Å². The van der Waals surface area contributed by atoms with Crippen LogP contribution >= 0.6 is 0 Å². The van der Waals surface area contributed by atoms with E-state index in [2.05, 4.69) is 53.4 Å². The van der Waals surface area contributed by atoms with Crippen molar-refractivity contribution < 1.29 is 9.53 Å². The van der Waals surface area contributed by atoms with E-state index in [1.807, 2.05) is 37.8 Å². The van der Waals surface area contributed by atoms with Gasteiger partial charge in [0.2, 0.25) is 0 Å². The standard InChI is InChI=1S/C23H30N2O2/c1-23(2,3)27-22(26)25-15-14-24(17-20-12-8-5-9-13-20)18-21(25)16-19-10-6-4-7-11-19/h4-13,21H,14-18H2,1-3H3.